The zero-order valence-electron chi connectivity index (χ0n) is 27.2. The lowest BCUT2D eigenvalue weighted by Crippen LogP contribution is -2.22. The van der Waals surface area contributed by atoms with Crippen LogP contribution in [0.3, 0.4) is 0 Å². The van der Waals surface area contributed by atoms with Gasteiger partial charge in [-0.05, 0) is 64.5 Å². The fraction of sp³-hybridized carbons (Fsp3) is 1.00. The highest BCUT2D eigenvalue weighted by Gasteiger charge is 1.89. The quantitative estimate of drug-likeness (QED) is 0.385. The molecule has 0 heterocycles. The van der Waals surface area contributed by atoms with Crippen LogP contribution < -0.4 is 22.1 Å². The molecule has 0 bridgehead atoms. The highest BCUT2D eigenvalue weighted by atomic mass is 14.9. The van der Waals surface area contributed by atoms with Gasteiger partial charge in [-0.3, -0.25) is 0 Å². The van der Waals surface area contributed by atoms with Crippen molar-refractivity contribution in [2.45, 2.75) is 25.5 Å². The Morgan fingerprint density at radius 2 is 1.07 bits per heavy atom. The lowest BCUT2D eigenvalue weighted by Gasteiger charge is -2.04. The van der Waals surface area contributed by atoms with Crippen LogP contribution in [-0.2, 0) is 0 Å². The van der Waals surface area contributed by atoms with Crippen molar-refractivity contribution in [3.05, 3.63) is 0 Å². The highest BCUT2D eigenvalue weighted by molar-refractivity contribution is 4.52. The van der Waals surface area contributed by atoms with E-state index in [1.54, 1.807) is 0 Å². The SMILES string of the molecule is [2H]C([2H])(N)C([2H])([2H])C([2H])([2H])NC([2H])([2H])C([2H])([2H])C([2H])([2H])C([2H])([2H])NC([2H])([2H])C([2H])([2H])C([2H])([2H])N. The maximum absolute atomic E-state index is 7.86. The molecule has 0 atom stereocenters. The molecule has 0 aliphatic carbocycles. The molecular formula is C10H26N4. The van der Waals surface area contributed by atoms with E-state index in [0.717, 1.165) is 10.6 Å². The fourth-order valence-corrected chi connectivity index (χ4v) is 0.322. The predicted octanol–water partition coefficient (Wildman–Crippen LogP) is -0.357. The summed E-state index contributed by atoms with van der Waals surface area (Å²) in [5.74, 6) is 0. The van der Waals surface area contributed by atoms with Gasteiger partial charge in [0.05, 0.1) is 0 Å². The van der Waals surface area contributed by atoms with Gasteiger partial charge in [0.25, 0.3) is 0 Å². The lowest BCUT2D eigenvalue weighted by atomic mass is 10.3. The first-order valence-electron chi connectivity index (χ1n) is 13.3. The topological polar surface area (TPSA) is 76.1 Å². The molecule has 0 saturated heterocycles. The maximum atomic E-state index is 7.86. The standard InChI is InChI=1S/C10H26N4/c11-5-3-9-13-7-1-2-8-14-10-4-6-12/h13-14H,1-12H2/i1D2,2D2,3D2,4D2,5D2,6D2,7D2,8D2,9D2,10D2. The second-order valence-electron chi connectivity index (χ2n) is 1.54. The average Bonchev–Trinajstić information content (AvgIpc) is 2.49. The lowest BCUT2D eigenvalue weighted by molar-refractivity contribution is 0.570. The van der Waals surface area contributed by atoms with E-state index in [-0.39, 0.29) is 0 Å². The Morgan fingerprint density at radius 1 is 0.714 bits per heavy atom. The van der Waals surface area contributed by atoms with E-state index in [0.29, 0.717) is 0 Å². The summed E-state index contributed by atoms with van der Waals surface area (Å²) in [6.45, 7) is -22.6. The highest BCUT2D eigenvalue weighted by Crippen LogP contribution is 1.84. The molecule has 0 fully saturated rings. The number of nitrogens with one attached hydrogen (secondary N) is 2. The molecule has 0 aliphatic heterocycles. The van der Waals surface area contributed by atoms with Gasteiger partial charge in [-0.1, -0.05) is 0 Å². The molecule has 0 aromatic carbocycles. The first kappa shape index (κ1) is 2.12. The van der Waals surface area contributed by atoms with Crippen LogP contribution in [0.1, 0.15) is 52.9 Å². The van der Waals surface area contributed by atoms with Crippen LogP contribution in [0, 0.1) is 0 Å². The average molecular weight is 222 g/mol. The summed E-state index contributed by atoms with van der Waals surface area (Å²) in [6.07, 6.45) is -15.9. The van der Waals surface area contributed by atoms with E-state index >= 15 is 0 Å². The summed E-state index contributed by atoms with van der Waals surface area (Å²) >= 11 is 0. The third kappa shape index (κ3) is 11.8. The summed E-state index contributed by atoms with van der Waals surface area (Å²) in [4.78, 5) is 0. The minimum Gasteiger partial charge on any atom is -0.330 e. The van der Waals surface area contributed by atoms with Crippen molar-refractivity contribution in [2.75, 3.05) is 39.0 Å². The van der Waals surface area contributed by atoms with Gasteiger partial charge in [0.2, 0.25) is 0 Å². The van der Waals surface area contributed by atoms with Crippen LogP contribution >= 0.6 is 0 Å². The van der Waals surface area contributed by atoms with Crippen molar-refractivity contribution in [1.82, 2.24) is 10.6 Å². The van der Waals surface area contributed by atoms with E-state index in [9.17, 15) is 0 Å². The first-order valence-corrected chi connectivity index (χ1v) is 3.33. The molecule has 4 nitrogen and oxygen atoms in total. The summed E-state index contributed by atoms with van der Waals surface area (Å²) in [7, 11) is 0. The Balaban J connectivity index is 6.41. The van der Waals surface area contributed by atoms with Crippen molar-refractivity contribution in [3.8, 4) is 0 Å². The molecule has 86 valence electrons. The molecule has 0 aromatic rings. The summed E-state index contributed by atoms with van der Waals surface area (Å²) in [5.41, 5.74) is 9.86. The summed E-state index contributed by atoms with van der Waals surface area (Å²) in [6, 6.07) is 0. The van der Waals surface area contributed by atoms with Gasteiger partial charge in [-0.25, -0.2) is 0 Å². The number of hydrogen-bond donors (Lipinski definition) is 4. The molecule has 0 unspecified atom stereocenters. The molecular weight excluding hydrogens is 176 g/mol. The normalized spacial score (nSPS) is 42.1. The van der Waals surface area contributed by atoms with Crippen LogP contribution in [0.2, 0.25) is 0 Å². The zero-order valence-corrected chi connectivity index (χ0v) is 7.15. The van der Waals surface area contributed by atoms with Gasteiger partial charge in [0, 0.05) is 27.4 Å². The monoisotopic (exact) mass is 222 g/mol. The van der Waals surface area contributed by atoms with E-state index < -0.39 is 64.5 Å². The third-order valence-electron chi connectivity index (χ3n) is 0.707. The third-order valence-corrected chi connectivity index (χ3v) is 0.707. The van der Waals surface area contributed by atoms with Crippen LogP contribution in [0.4, 0.5) is 0 Å². The molecule has 0 radical (unpaired) electrons. The van der Waals surface area contributed by atoms with Crippen LogP contribution in [0.25, 0.3) is 0 Å². The second-order valence-corrected chi connectivity index (χ2v) is 1.54. The van der Waals surface area contributed by atoms with E-state index in [4.69, 9.17) is 38.9 Å². The molecule has 6 N–H and O–H groups in total. The molecule has 4 heteroatoms. The minimum absolute atomic E-state index is 1.13. The first-order chi connectivity index (χ1) is 14.2. The van der Waals surface area contributed by atoms with Gasteiger partial charge in [-0.2, -0.15) is 0 Å². The van der Waals surface area contributed by atoms with Crippen molar-refractivity contribution >= 4 is 0 Å². The fourth-order valence-electron chi connectivity index (χ4n) is 0.322. The molecule has 0 amide bonds. The molecule has 14 heavy (non-hydrogen) atoms. The van der Waals surface area contributed by atoms with Crippen LogP contribution in [0.5, 0.6) is 0 Å². The summed E-state index contributed by atoms with van der Waals surface area (Å²) < 4.78 is 152. The molecule has 0 rings (SSSR count). The molecule has 0 aliphatic rings. The summed E-state index contributed by atoms with van der Waals surface area (Å²) in [5, 5.41) is 2.26. The Hall–Kier alpha value is -0.160. The Labute approximate surface area is 116 Å². The maximum Gasteiger partial charge on any atom is 0.0428 e. The van der Waals surface area contributed by atoms with Gasteiger partial charge in [-0.15, -0.1) is 0 Å². The van der Waals surface area contributed by atoms with Crippen molar-refractivity contribution in [1.29, 1.82) is 0 Å². The second kappa shape index (κ2) is 12.8. The van der Waals surface area contributed by atoms with Gasteiger partial charge in [0.1, 0.15) is 0 Å². The zero-order chi connectivity index (χ0) is 28.4. The van der Waals surface area contributed by atoms with Crippen molar-refractivity contribution < 1.29 is 27.4 Å². The van der Waals surface area contributed by atoms with Gasteiger partial charge >= 0.3 is 0 Å². The van der Waals surface area contributed by atoms with E-state index in [2.05, 4.69) is 0 Å². The van der Waals surface area contributed by atoms with Crippen LogP contribution in [0.15, 0.2) is 0 Å². The number of hydrogen-bond acceptors (Lipinski definition) is 4. The Morgan fingerprint density at radius 3 is 1.43 bits per heavy atom. The smallest absolute Gasteiger partial charge is 0.0428 e. The van der Waals surface area contributed by atoms with E-state index in [1.165, 1.54) is 0 Å². The largest absolute Gasteiger partial charge is 0.330 e. The Kier molecular flexibility index (Phi) is 1.94. The van der Waals surface area contributed by atoms with Crippen LogP contribution in [-0.4, -0.2) is 39.0 Å². The minimum atomic E-state index is -4.22. The van der Waals surface area contributed by atoms with Crippen molar-refractivity contribution in [2.24, 2.45) is 11.5 Å². The molecule has 0 aromatic heterocycles. The Bertz CT molecular complexity index is 671. The van der Waals surface area contributed by atoms with Gasteiger partial charge in [0.15, 0.2) is 0 Å². The predicted molar refractivity (Wildman–Crippen MR) is 62.3 cm³/mol. The van der Waals surface area contributed by atoms with Crippen molar-refractivity contribution in [3.63, 3.8) is 0 Å². The molecule has 0 saturated carbocycles. The number of nitrogens with two attached hydrogens (primary N) is 2. The number of rotatable bonds is 11. The van der Waals surface area contributed by atoms with E-state index in [1.807, 2.05) is 0 Å². The van der Waals surface area contributed by atoms with Gasteiger partial charge < -0.3 is 22.1 Å². The molecule has 0 spiro atoms.